The first-order chi connectivity index (χ1) is 6.44. The minimum Gasteiger partial charge on any atom is -0.368 e. The number of nitrogens with zero attached hydrogens (tertiary/aromatic N) is 1. The maximum absolute atomic E-state index is 8.89. The number of nitriles is 1. The van der Waals surface area contributed by atoms with Crippen LogP contribution in [-0.4, -0.2) is 5.54 Å². The van der Waals surface area contributed by atoms with Gasteiger partial charge < -0.3 is 5.32 Å². The van der Waals surface area contributed by atoms with Crippen molar-refractivity contribution in [1.29, 1.82) is 5.26 Å². The third-order valence-corrected chi connectivity index (χ3v) is 2.42. The minimum absolute atomic E-state index is 0.536. The molecule has 0 spiro atoms. The number of halogens is 1. The summed E-state index contributed by atoms with van der Waals surface area (Å²) in [6.07, 6.45) is 0. The predicted octanol–water partition coefficient (Wildman–Crippen LogP) is 3.47. The summed E-state index contributed by atoms with van der Waals surface area (Å²) in [5, 5.41) is 12.1. The van der Waals surface area contributed by atoms with Crippen LogP contribution >= 0.6 is 15.9 Å². The van der Waals surface area contributed by atoms with E-state index in [0.717, 1.165) is 15.7 Å². The molecule has 1 aromatic rings. The van der Waals surface area contributed by atoms with E-state index in [-0.39, 0.29) is 0 Å². The Morgan fingerprint density at radius 2 is 2.07 bits per heavy atom. The molecule has 0 aliphatic carbocycles. The smallest absolute Gasteiger partial charge is 0.119 e. The minimum atomic E-state index is -0.536. The lowest BCUT2D eigenvalue weighted by Crippen LogP contribution is -2.28. The second-order valence-corrected chi connectivity index (χ2v) is 4.74. The topological polar surface area (TPSA) is 35.8 Å². The molecule has 74 valence electrons. The van der Waals surface area contributed by atoms with Crippen molar-refractivity contribution in [2.75, 3.05) is 5.32 Å². The Balaban J connectivity index is 2.98. The van der Waals surface area contributed by atoms with Crippen molar-refractivity contribution in [3.05, 3.63) is 28.2 Å². The summed E-state index contributed by atoms with van der Waals surface area (Å²) in [4.78, 5) is 0. The van der Waals surface area contributed by atoms with Crippen LogP contribution in [0, 0.1) is 18.3 Å². The van der Waals surface area contributed by atoms with Gasteiger partial charge in [-0.1, -0.05) is 22.0 Å². The fourth-order valence-electron chi connectivity index (χ4n) is 1.09. The van der Waals surface area contributed by atoms with E-state index in [1.807, 2.05) is 39.0 Å². The van der Waals surface area contributed by atoms with Crippen LogP contribution in [0.5, 0.6) is 0 Å². The predicted molar refractivity (Wildman–Crippen MR) is 62.2 cm³/mol. The second kappa shape index (κ2) is 4.02. The molecule has 0 heterocycles. The summed E-state index contributed by atoms with van der Waals surface area (Å²) >= 11 is 3.40. The molecule has 2 nitrogen and oxygen atoms in total. The van der Waals surface area contributed by atoms with Gasteiger partial charge in [0.25, 0.3) is 0 Å². The average molecular weight is 253 g/mol. The molecule has 0 radical (unpaired) electrons. The van der Waals surface area contributed by atoms with Gasteiger partial charge in [0.1, 0.15) is 5.54 Å². The largest absolute Gasteiger partial charge is 0.368 e. The molecule has 0 unspecified atom stereocenters. The third kappa shape index (κ3) is 2.74. The second-order valence-electron chi connectivity index (χ2n) is 3.82. The molecule has 0 aromatic heterocycles. The highest BCUT2D eigenvalue weighted by molar-refractivity contribution is 9.10. The Bertz CT molecular complexity index is 377. The SMILES string of the molecule is Cc1ccc(Br)cc1NC(C)(C)C#N. The molecule has 0 aliphatic rings. The molecule has 0 saturated heterocycles. The van der Waals surface area contributed by atoms with Crippen molar-refractivity contribution in [3.63, 3.8) is 0 Å². The van der Waals surface area contributed by atoms with Gasteiger partial charge >= 0.3 is 0 Å². The Morgan fingerprint density at radius 3 is 2.64 bits per heavy atom. The summed E-state index contributed by atoms with van der Waals surface area (Å²) in [6.45, 7) is 5.73. The Kier molecular flexibility index (Phi) is 3.17. The summed E-state index contributed by atoms with van der Waals surface area (Å²) in [5.41, 5.74) is 1.59. The van der Waals surface area contributed by atoms with Crippen molar-refractivity contribution in [2.24, 2.45) is 0 Å². The molecule has 0 fully saturated rings. The molecule has 0 bridgehead atoms. The normalized spacial score (nSPS) is 10.8. The van der Waals surface area contributed by atoms with E-state index in [1.54, 1.807) is 0 Å². The number of benzene rings is 1. The Labute approximate surface area is 93.1 Å². The highest BCUT2D eigenvalue weighted by Gasteiger charge is 2.16. The molecule has 3 heteroatoms. The highest BCUT2D eigenvalue weighted by atomic mass is 79.9. The fraction of sp³-hybridized carbons (Fsp3) is 0.364. The van der Waals surface area contributed by atoms with Gasteiger partial charge in [0.15, 0.2) is 0 Å². The zero-order valence-electron chi connectivity index (χ0n) is 8.56. The molecule has 1 N–H and O–H groups in total. The van der Waals surface area contributed by atoms with Gasteiger partial charge in [0.2, 0.25) is 0 Å². The van der Waals surface area contributed by atoms with Crippen LogP contribution in [0.15, 0.2) is 22.7 Å². The first kappa shape index (κ1) is 11.1. The summed E-state index contributed by atoms with van der Waals surface area (Å²) < 4.78 is 1.01. The fourth-order valence-corrected chi connectivity index (χ4v) is 1.45. The van der Waals surface area contributed by atoms with Crippen LogP contribution in [0.2, 0.25) is 0 Å². The Morgan fingerprint density at radius 1 is 1.43 bits per heavy atom. The zero-order valence-corrected chi connectivity index (χ0v) is 10.1. The lowest BCUT2D eigenvalue weighted by atomic mass is 10.1. The van der Waals surface area contributed by atoms with Gasteiger partial charge in [-0.3, -0.25) is 0 Å². The van der Waals surface area contributed by atoms with E-state index < -0.39 is 5.54 Å². The summed E-state index contributed by atoms with van der Waals surface area (Å²) in [7, 11) is 0. The monoisotopic (exact) mass is 252 g/mol. The van der Waals surface area contributed by atoms with Gasteiger partial charge in [-0.15, -0.1) is 0 Å². The van der Waals surface area contributed by atoms with Crippen molar-refractivity contribution in [3.8, 4) is 6.07 Å². The maximum atomic E-state index is 8.89. The van der Waals surface area contributed by atoms with E-state index in [2.05, 4.69) is 27.3 Å². The Hall–Kier alpha value is -1.01. The highest BCUT2D eigenvalue weighted by Crippen LogP contribution is 2.23. The van der Waals surface area contributed by atoms with E-state index >= 15 is 0 Å². The summed E-state index contributed by atoms with van der Waals surface area (Å²) in [6, 6.07) is 8.19. The van der Waals surface area contributed by atoms with Crippen LogP contribution in [0.4, 0.5) is 5.69 Å². The standard InChI is InChI=1S/C11H13BrN2/c1-8-4-5-9(12)6-10(8)14-11(2,3)7-13/h4-6,14H,1-3H3. The quantitative estimate of drug-likeness (QED) is 0.875. The van der Waals surface area contributed by atoms with Crippen LogP contribution in [0.1, 0.15) is 19.4 Å². The number of hydrogen-bond acceptors (Lipinski definition) is 2. The van der Waals surface area contributed by atoms with Crippen LogP contribution in [0.25, 0.3) is 0 Å². The number of rotatable bonds is 2. The molecular formula is C11H13BrN2. The van der Waals surface area contributed by atoms with E-state index in [4.69, 9.17) is 5.26 Å². The van der Waals surface area contributed by atoms with Crippen molar-refractivity contribution >= 4 is 21.6 Å². The molecular weight excluding hydrogens is 240 g/mol. The van der Waals surface area contributed by atoms with Crippen molar-refractivity contribution in [2.45, 2.75) is 26.3 Å². The van der Waals surface area contributed by atoms with E-state index in [1.165, 1.54) is 0 Å². The maximum Gasteiger partial charge on any atom is 0.119 e. The van der Waals surface area contributed by atoms with E-state index in [0.29, 0.717) is 0 Å². The number of nitrogens with one attached hydrogen (secondary N) is 1. The van der Waals surface area contributed by atoms with Gasteiger partial charge in [-0.2, -0.15) is 5.26 Å². The number of anilines is 1. The zero-order chi connectivity index (χ0) is 10.8. The summed E-state index contributed by atoms with van der Waals surface area (Å²) in [5.74, 6) is 0. The molecule has 0 atom stereocenters. The molecule has 0 saturated carbocycles. The van der Waals surface area contributed by atoms with Gasteiger partial charge in [0.05, 0.1) is 6.07 Å². The third-order valence-electron chi connectivity index (χ3n) is 1.93. The first-order valence-electron chi connectivity index (χ1n) is 4.40. The average Bonchev–Trinajstić information content (AvgIpc) is 2.11. The van der Waals surface area contributed by atoms with Crippen molar-refractivity contribution in [1.82, 2.24) is 0 Å². The molecule has 0 amide bonds. The lowest BCUT2D eigenvalue weighted by molar-refractivity contribution is 0.727. The molecule has 14 heavy (non-hydrogen) atoms. The van der Waals surface area contributed by atoms with Crippen LogP contribution < -0.4 is 5.32 Å². The number of hydrogen-bond donors (Lipinski definition) is 1. The van der Waals surface area contributed by atoms with E-state index in [9.17, 15) is 0 Å². The molecule has 1 rings (SSSR count). The van der Waals surface area contributed by atoms with Crippen LogP contribution in [-0.2, 0) is 0 Å². The van der Waals surface area contributed by atoms with Crippen molar-refractivity contribution < 1.29 is 0 Å². The van der Waals surface area contributed by atoms with Gasteiger partial charge in [-0.05, 0) is 38.5 Å². The first-order valence-corrected chi connectivity index (χ1v) is 5.19. The molecule has 0 aliphatic heterocycles. The van der Waals surface area contributed by atoms with Gasteiger partial charge in [-0.25, -0.2) is 0 Å². The van der Waals surface area contributed by atoms with Crippen LogP contribution in [0.3, 0.4) is 0 Å². The molecule has 1 aromatic carbocycles. The number of aryl methyl sites for hydroxylation is 1. The van der Waals surface area contributed by atoms with Gasteiger partial charge in [0, 0.05) is 10.2 Å². The lowest BCUT2D eigenvalue weighted by Gasteiger charge is -2.20.